The van der Waals surface area contributed by atoms with Crippen LogP contribution in [0.15, 0.2) is 0 Å². The molecule has 1 rings (SSSR count). The van der Waals surface area contributed by atoms with Gasteiger partial charge in [-0.1, -0.05) is 13.8 Å². The highest BCUT2D eigenvalue weighted by atomic mass is 16.5. The summed E-state index contributed by atoms with van der Waals surface area (Å²) in [6.07, 6.45) is 5.87. The lowest BCUT2D eigenvalue weighted by molar-refractivity contribution is -0.109. The molecular formula is C14H28O2. The van der Waals surface area contributed by atoms with Crippen LogP contribution in [0.3, 0.4) is 0 Å². The molecule has 0 radical (unpaired) electrons. The van der Waals surface area contributed by atoms with Crippen LogP contribution in [-0.2, 0) is 4.74 Å². The zero-order valence-electron chi connectivity index (χ0n) is 11.3. The number of hydrogen-bond donors (Lipinski definition) is 1. The molecule has 1 fully saturated rings. The first-order valence-electron chi connectivity index (χ1n) is 6.75. The van der Waals surface area contributed by atoms with Crippen LogP contribution < -0.4 is 0 Å². The van der Waals surface area contributed by atoms with E-state index in [1.54, 1.807) is 0 Å². The predicted molar refractivity (Wildman–Crippen MR) is 67.5 cm³/mol. The third-order valence-electron chi connectivity index (χ3n) is 4.05. The van der Waals surface area contributed by atoms with E-state index in [9.17, 15) is 0 Å². The summed E-state index contributed by atoms with van der Waals surface area (Å²) in [6, 6.07) is 0. The van der Waals surface area contributed by atoms with Gasteiger partial charge in [-0.25, -0.2) is 0 Å². The SMILES string of the molecule is CC(CCO)OC1(C)CCC(C(C)C)CC1. The number of rotatable bonds is 5. The van der Waals surface area contributed by atoms with E-state index in [1.807, 2.05) is 0 Å². The second-order valence-corrected chi connectivity index (χ2v) is 5.97. The van der Waals surface area contributed by atoms with E-state index < -0.39 is 0 Å². The van der Waals surface area contributed by atoms with Crippen LogP contribution in [0.25, 0.3) is 0 Å². The Kier molecular flexibility index (Phi) is 5.26. The smallest absolute Gasteiger partial charge is 0.0658 e. The first-order valence-corrected chi connectivity index (χ1v) is 6.75. The van der Waals surface area contributed by atoms with Gasteiger partial charge in [0.2, 0.25) is 0 Å². The Bertz CT molecular complexity index is 193. The molecule has 2 heteroatoms. The van der Waals surface area contributed by atoms with Crippen LogP contribution in [0, 0.1) is 11.8 Å². The van der Waals surface area contributed by atoms with Crippen molar-refractivity contribution in [1.29, 1.82) is 0 Å². The summed E-state index contributed by atoms with van der Waals surface area (Å²) >= 11 is 0. The van der Waals surface area contributed by atoms with Gasteiger partial charge in [0.25, 0.3) is 0 Å². The van der Waals surface area contributed by atoms with E-state index in [-0.39, 0.29) is 18.3 Å². The van der Waals surface area contributed by atoms with Gasteiger partial charge in [0.1, 0.15) is 0 Å². The molecule has 0 bridgehead atoms. The van der Waals surface area contributed by atoms with Gasteiger partial charge >= 0.3 is 0 Å². The lowest BCUT2D eigenvalue weighted by Gasteiger charge is -2.40. The maximum atomic E-state index is 8.88. The van der Waals surface area contributed by atoms with Crippen molar-refractivity contribution in [2.75, 3.05) is 6.61 Å². The van der Waals surface area contributed by atoms with Crippen LogP contribution in [0.1, 0.15) is 59.8 Å². The Balaban J connectivity index is 2.37. The maximum Gasteiger partial charge on any atom is 0.0658 e. The summed E-state index contributed by atoms with van der Waals surface area (Å²) in [5.41, 5.74) is 0.0555. The molecule has 0 aromatic heterocycles. The molecule has 2 nitrogen and oxygen atoms in total. The number of aliphatic hydroxyl groups excluding tert-OH is 1. The number of ether oxygens (including phenoxy) is 1. The van der Waals surface area contributed by atoms with Crippen LogP contribution in [0.5, 0.6) is 0 Å². The second kappa shape index (κ2) is 6.02. The fourth-order valence-electron chi connectivity index (χ4n) is 2.76. The minimum absolute atomic E-state index is 0.0555. The van der Waals surface area contributed by atoms with Gasteiger partial charge in [-0.15, -0.1) is 0 Å². The van der Waals surface area contributed by atoms with Gasteiger partial charge < -0.3 is 9.84 Å². The highest BCUT2D eigenvalue weighted by Crippen LogP contribution is 2.38. The third-order valence-corrected chi connectivity index (χ3v) is 4.05. The monoisotopic (exact) mass is 228 g/mol. The zero-order valence-corrected chi connectivity index (χ0v) is 11.3. The molecule has 0 spiro atoms. The van der Waals surface area contributed by atoms with E-state index in [1.165, 1.54) is 25.7 Å². The molecular weight excluding hydrogens is 200 g/mol. The van der Waals surface area contributed by atoms with Crippen molar-refractivity contribution in [3.05, 3.63) is 0 Å². The molecule has 16 heavy (non-hydrogen) atoms. The molecule has 96 valence electrons. The first kappa shape index (κ1) is 14.0. The molecule has 1 unspecified atom stereocenters. The average Bonchev–Trinajstić information content (AvgIpc) is 2.17. The topological polar surface area (TPSA) is 29.5 Å². The van der Waals surface area contributed by atoms with Gasteiger partial charge in [-0.3, -0.25) is 0 Å². The van der Waals surface area contributed by atoms with Crippen molar-refractivity contribution in [1.82, 2.24) is 0 Å². The van der Waals surface area contributed by atoms with Gasteiger partial charge in [-0.2, -0.15) is 0 Å². The predicted octanol–water partition coefficient (Wildman–Crippen LogP) is 3.38. The number of aliphatic hydroxyl groups is 1. The summed E-state index contributed by atoms with van der Waals surface area (Å²) < 4.78 is 6.09. The minimum Gasteiger partial charge on any atom is -0.396 e. The lowest BCUT2D eigenvalue weighted by Crippen LogP contribution is -2.38. The molecule has 1 atom stereocenters. The van der Waals surface area contributed by atoms with E-state index in [0.717, 1.165) is 18.3 Å². The van der Waals surface area contributed by atoms with Crippen molar-refractivity contribution in [2.45, 2.75) is 71.5 Å². The largest absolute Gasteiger partial charge is 0.396 e. The standard InChI is InChI=1S/C14H28O2/c1-11(2)13-5-8-14(4,9-6-13)16-12(3)7-10-15/h11-13,15H,5-10H2,1-4H3. The molecule has 1 aliphatic carbocycles. The Hall–Kier alpha value is -0.0800. The zero-order chi connectivity index (χ0) is 12.2. The number of hydrogen-bond acceptors (Lipinski definition) is 2. The molecule has 1 saturated carbocycles. The molecule has 0 aromatic carbocycles. The molecule has 0 saturated heterocycles. The Morgan fingerprint density at radius 1 is 1.25 bits per heavy atom. The summed E-state index contributed by atoms with van der Waals surface area (Å²) in [5, 5.41) is 8.88. The minimum atomic E-state index is 0.0555. The molecule has 0 aliphatic heterocycles. The molecule has 0 heterocycles. The van der Waals surface area contributed by atoms with Gasteiger partial charge in [0, 0.05) is 6.61 Å². The summed E-state index contributed by atoms with van der Waals surface area (Å²) in [7, 11) is 0. The highest BCUT2D eigenvalue weighted by molar-refractivity contribution is 4.85. The van der Waals surface area contributed by atoms with E-state index >= 15 is 0 Å². The second-order valence-electron chi connectivity index (χ2n) is 5.97. The van der Waals surface area contributed by atoms with Crippen LogP contribution >= 0.6 is 0 Å². The van der Waals surface area contributed by atoms with Crippen molar-refractivity contribution in [3.8, 4) is 0 Å². The molecule has 1 N–H and O–H groups in total. The van der Waals surface area contributed by atoms with Gasteiger partial charge in [0.05, 0.1) is 11.7 Å². The van der Waals surface area contributed by atoms with E-state index in [4.69, 9.17) is 9.84 Å². The Morgan fingerprint density at radius 3 is 2.25 bits per heavy atom. The van der Waals surface area contributed by atoms with Crippen molar-refractivity contribution in [3.63, 3.8) is 0 Å². The van der Waals surface area contributed by atoms with E-state index in [2.05, 4.69) is 27.7 Å². The van der Waals surface area contributed by atoms with Crippen LogP contribution in [-0.4, -0.2) is 23.4 Å². The fourth-order valence-corrected chi connectivity index (χ4v) is 2.76. The third kappa shape index (κ3) is 4.06. The normalized spacial score (nSPS) is 33.0. The van der Waals surface area contributed by atoms with Crippen molar-refractivity contribution in [2.24, 2.45) is 11.8 Å². The van der Waals surface area contributed by atoms with Gasteiger partial charge in [-0.05, 0) is 57.8 Å². The van der Waals surface area contributed by atoms with Crippen molar-refractivity contribution >= 4 is 0 Å². The maximum absolute atomic E-state index is 8.88. The van der Waals surface area contributed by atoms with Crippen molar-refractivity contribution < 1.29 is 9.84 Å². The van der Waals surface area contributed by atoms with Crippen LogP contribution in [0.2, 0.25) is 0 Å². The summed E-state index contributed by atoms with van der Waals surface area (Å²) in [6.45, 7) is 9.17. The Labute approximate surface area is 100 Å². The van der Waals surface area contributed by atoms with Gasteiger partial charge in [0.15, 0.2) is 0 Å². The molecule has 0 amide bonds. The molecule has 1 aliphatic rings. The molecule has 0 aromatic rings. The summed E-state index contributed by atoms with van der Waals surface area (Å²) in [5.74, 6) is 1.68. The fraction of sp³-hybridized carbons (Fsp3) is 1.00. The quantitative estimate of drug-likeness (QED) is 0.781. The average molecular weight is 228 g/mol. The van der Waals surface area contributed by atoms with E-state index in [0.29, 0.717) is 0 Å². The highest BCUT2D eigenvalue weighted by Gasteiger charge is 2.33. The van der Waals surface area contributed by atoms with Crippen LogP contribution in [0.4, 0.5) is 0 Å². The summed E-state index contributed by atoms with van der Waals surface area (Å²) in [4.78, 5) is 0. The lowest BCUT2D eigenvalue weighted by atomic mass is 9.75. The Morgan fingerprint density at radius 2 is 1.81 bits per heavy atom. The first-order chi connectivity index (χ1) is 7.47.